The molecule has 0 spiro atoms. The molecule has 1 aromatic carbocycles. The van der Waals surface area contributed by atoms with Crippen molar-refractivity contribution in [1.82, 2.24) is 15.1 Å². The van der Waals surface area contributed by atoms with Crippen LogP contribution in [0.4, 0.5) is 0 Å². The fourth-order valence-corrected chi connectivity index (χ4v) is 3.67. The van der Waals surface area contributed by atoms with Crippen LogP contribution in [-0.2, 0) is 13.5 Å². The number of fused-ring (bicyclic) bond motifs is 1. The third-order valence-electron chi connectivity index (χ3n) is 4.25. The largest absolute Gasteiger partial charge is 0.345 e. The number of carbonyl (C=O) groups is 1. The van der Waals surface area contributed by atoms with Gasteiger partial charge in [0.25, 0.3) is 5.91 Å². The second-order valence-corrected chi connectivity index (χ2v) is 6.40. The first kappa shape index (κ1) is 14.3. The zero-order valence-corrected chi connectivity index (χ0v) is 14.0. The maximum absolute atomic E-state index is 12.6. The lowest BCUT2D eigenvalue weighted by Gasteiger charge is -2.14. The van der Waals surface area contributed by atoms with E-state index in [2.05, 4.69) is 38.5 Å². The van der Waals surface area contributed by atoms with Gasteiger partial charge in [-0.05, 0) is 43.9 Å². The minimum atomic E-state index is -0.0316. The number of nitrogens with zero attached hydrogens (tertiary/aromatic N) is 2. The second kappa shape index (κ2) is 5.30. The molecule has 1 heterocycles. The van der Waals surface area contributed by atoms with Crippen molar-refractivity contribution in [2.24, 2.45) is 7.05 Å². The van der Waals surface area contributed by atoms with Crippen LogP contribution >= 0.6 is 15.9 Å². The van der Waals surface area contributed by atoms with Gasteiger partial charge in [0.15, 0.2) is 0 Å². The minimum absolute atomic E-state index is 0.0316. The molecule has 110 valence electrons. The van der Waals surface area contributed by atoms with Crippen molar-refractivity contribution < 1.29 is 4.79 Å². The highest BCUT2D eigenvalue weighted by Gasteiger charge is 2.27. The highest BCUT2D eigenvalue weighted by atomic mass is 79.9. The molecule has 0 bridgehead atoms. The molecule has 2 aromatic rings. The molecule has 1 unspecified atom stereocenters. The van der Waals surface area contributed by atoms with Gasteiger partial charge < -0.3 is 5.32 Å². The smallest absolute Gasteiger partial charge is 0.255 e. The maximum Gasteiger partial charge on any atom is 0.255 e. The van der Waals surface area contributed by atoms with Gasteiger partial charge >= 0.3 is 0 Å². The summed E-state index contributed by atoms with van der Waals surface area (Å²) in [6.45, 7) is 3.80. The lowest BCUT2D eigenvalue weighted by Crippen LogP contribution is -2.28. The molecule has 5 heteroatoms. The Labute approximate surface area is 132 Å². The van der Waals surface area contributed by atoms with Crippen molar-refractivity contribution in [2.75, 3.05) is 0 Å². The van der Waals surface area contributed by atoms with E-state index in [0.29, 0.717) is 5.56 Å². The summed E-state index contributed by atoms with van der Waals surface area (Å²) in [7, 11) is 1.86. The Morgan fingerprint density at radius 2 is 2.19 bits per heavy atom. The number of hydrogen-bond acceptors (Lipinski definition) is 2. The van der Waals surface area contributed by atoms with Crippen LogP contribution in [0, 0.1) is 13.8 Å². The van der Waals surface area contributed by atoms with Crippen LogP contribution in [0.25, 0.3) is 0 Å². The lowest BCUT2D eigenvalue weighted by molar-refractivity contribution is 0.0935. The fourth-order valence-electron chi connectivity index (χ4n) is 3.09. The number of carbonyl (C=O) groups excluding carboxylic acids is 1. The summed E-state index contributed by atoms with van der Waals surface area (Å²) in [4.78, 5) is 12.6. The van der Waals surface area contributed by atoms with E-state index in [1.807, 2.05) is 27.0 Å². The summed E-state index contributed by atoms with van der Waals surface area (Å²) >= 11 is 3.59. The summed E-state index contributed by atoms with van der Waals surface area (Å²) in [6, 6.07) is 6.26. The maximum atomic E-state index is 12.6. The molecule has 1 aromatic heterocycles. The van der Waals surface area contributed by atoms with E-state index in [9.17, 15) is 4.79 Å². The van der Waals surface area contributed by atoms with Crippen molar-refractivity contribution in [3.05, 3.63) is 50.8 Å². The summed E-state index contributed by atoms with van der Waals surface area (Å²) in [5, 5.41) is 7.47. The highest BCUT2D eigenvalue weighted by molar-refractivity contribution is 9.10. The van der Waals surface area contributed by atoms with Crippen molar-refractivity contribution >= 4 is 21.8 Å². The number of aromatic nitrogens is 2. The predicted molar refractivity (Wildman–Crippen MR) is 85.4 cm³/mol. The SMILES string of the molecule is Cc1nn(C)c(C)c1C(=O)NC1CCc2c(Br)cccc21. The molecule has 0 radical (unpaired) electrons. The molecule has 3 rings (SSSR count). The van der Waals surface area contributed by atoms with Crippen LogP contribution in [0.3, 0.4) is 0 Å². The predicted octanol–water partition coefficient (Wildman–Crippen LogP) is 3.22. The van der Waals surface area contributed by atoms with Crippen LogP contribution in [0.5, 0.6) is 0 Å². The molecule has 1 amide bonds. The van der Waals surface area contributed by atoms with E-state index in [1.165, 1.54) is 11.1 Å². The van der Waals surface area contributed by atoms with E-state index in [0.717, 1.165) is 28.7 Å². The molecule has 1 aliphatic rings. The molecule has 4 nitrogen and oxygen atoms in total. The molecule has 0 saturated heterocycles. The zero-order valence-electron chi connectivity index (χ0n) is 12.4. The van der Waals surface area contributed by atoms with Gasteiger partial charge in [-0.25, -0.2) is 0 Å². The Hall–Kier alpha value is -1.62. The van der Waals surface area contributed by atoms with Crippen molar-refractivity contribution in [3.63, 3.8) is 0 Å². The quantitative estimate of drug-likeness (QED) is 0.906. The molecule has 21 heavy (non-hydrogen) atoms. The van der Waals surface area contributed by atoms with Gasteiger partial charge in [-0.15, -0.1) is 0 Å². The molecular formula is C16H18BrN3O. The van der Waals surface area contributed by atoms with Gasteiger partial charge in [0.2, 0.25) is 0 Å². The number of aryl methyl sites for hydroxylation is 2. The van der Waals surface area contributed by atoms with E-state index < -0.39 is 0 Å². The first-order valence-corrected chi connectivity index (χ1v) is 7.86. The lowest BCUT2D eigenvalue weighted by atomic mass is 10.1. The summed E-state index contributed by atoms with van der Waals surface area (Å²) in [5.74, 6) is -0.0316. The van der Waals surface area contributed by atoms with Crippen LogP contribution in [0.1, 0.15) is 45.3 Å². The van der Waals surface area contributed by atoms with E-state index in [1.54, 1.807) is 4.68 Å². The number of rotatable bonds is 2. The Morgan fingerprint density at radius 3 is 2.86 bits per heavy atom. The average molecular weight is 348 g/mol. The second-order valence-electron chi connectivity index (χ2n) is 5.54. The van der Waals surface area contributed by atoms with Crippen molar-refractivity contribution in [1.29, 1.82) is 0 Å². The normalized spacial score (nSPS) is 16.9. The van der Waals surface area contributed by atoms with Crippen LogP contribution in [-0.4, -0.2) is 15.7 Å². The zero-order chi connectivity index (χ0) is 15.1. The third-order valence-corrected chi connectivity index (χ3v) is 5.00. The van der Waals surface area contributed by atoms with Crippen molar-refractivity contribution in [2.45, 2.75) is 32.7 Å². The molecule has 0 saturated carbocycles. The van der Waals surface area contributed by atoms with Crippen LogP contribution < -0.4 is 5.32 Å². The van der Waals surface area contributed by atoms with Gasteiger partial charge in [0, 0.05) is 17.2 Å². The van der Waals surface area contributed by atoms with E-state index >= 15 is 0 Å². The molecule has 0 aliphatic heterocycles. The average Bonchev–Trinajstić information content (AvgIpc) is 2.93. The monoisotopic (exact) mass is 347 g/mol. The Balaban J connectivity index is 1.86. The topological polar surface area (TPSA) is 46.9 Å². The Kier molecular flexibility index (Phi) is 3.61. The first-order chi connectivity index (χ1) is 9.99. The standard InChI is InChI=1S/C16H18BrN3O/c1-9-15(10(2)20(3)19-9)16(21)18-14-8-7-11-12(14)5-4-6-13(11)17/h4-6,14H,7-8H2,1-3H3,(H,18,21). The Bertz CT molecular complexity index is 721. The molecule has 1 N–H and O–H groups in total. The van der Waals surface area contributed by atoms with Gasteiger partial charge in [-0.3, -0.25) is 9.48 Å². The summed E-state index contributed by atoms with van der Waals surface area (Å²) < 4.78 is 2.88. The Morgan fingerprint density at radius 1 is 1.43 bits per heavy atom. The number of benzene rings is 1. The van der Waals surface area contributed by atoms with Crippen LogP contribution in [0.15, 0.2) is 22.7 Å². The first-order valence-electron chi connectivity index (χ1n) is 7.07. The number of hydrogen-bond donors (Lipinski definition) is 1. The highest BCUT2D eigenvalue weighted by Crippen LogP contribution is 2.35. The molecular weight excluding hydrogens is 330 g/mol. The van der Waals surface area contributed by atoms with Gasteiger partial charge in [-0.1, -0.05) is 28.1 Å². The molecule has 0 fully saturated rings. The summed E-state index contributed by atoms with van der Waals surface area (Å²) in [5.41, 5.74) is 4.90. The van der Waals surface area contributed by atoms with Gasteiger partial charge in [0.1, 0.15) is 0 Å². The third kappa shape index (κ3) is 2.39. The number of nitrogens with one attached hydrogen (secondary N) is 1. The number of halogens is 1. The number of amides is 1. The van der Waals surface area contributed by atoms with E-state index in [-0.39, 0.29) is 11.9 Å². The molecule has 1 atom stereocenters. The van der Waals surface area contributed by atoms with Crippen molar-refractivity contribution in [3.8, 4) is 0 Å². The van der Waals surface area contributed by atoms with Gasteiger partial charge in [-0.2, -0.15) is 5.10 Å². The molecule has 1 aliphatic carbocycles. The van der Waals surface area contributed by atoms with Gasteiger partial charge in [0.05, 0.1) is 17.3 Å². The van der Waals surface area contributed by atoms with Crippen LogP contribution in [0.2, 0.25) is 0 Å². The summed E-state index contributed by atoms with van der Waals surface area (Å²) in [6.07, 6.45) is 1.94. The minimum Gasteiger partial charge on any atom is -0.345 e. The fraction of sp³-hybridized carbons (Fsp3) is 0.375. The van der Waals surface area contributed by atoms with E-state index in [4.69, 9.17) is 0 Å².